The van der Waals surface area contributed by atoms with E-state index >= 15 is 0 Å². The van der Waals surface area contributed by atoms with Gasteiger partial charge in [0.1, 0.15) is 5.75 Å². The van der Waals surface area contributed by atoms with Crippen LogP contribution in [-0.2, 0) is 0 Å². The number of carbonyl (C=O) groups is 1. The fraction of sp³-hybridized carbons (Fsp3) is 0.214. The van der Waals surface area contributed by atoms with Crippen LogP contribution in [0.5, 0.6) is 5.75 Å². The van der Waals surface area contributed by atoms with Crippen LogP contribution in [0.3, 0.4) is 0 Å². The fourth-order valence-corrected chi connectivity index (χ4v) is 2.30. The molecule has 0 aliphatic carbocycles. The Hall–Kier alpha value is -1.61. The van der Waals surface area contributed by atoms with Gasteiger partial charge in [0.2, 0.25) is 5.78 Å². The van der Waals surface area contributed by atoms with E-state index in [1.807, 2.05) is 50.2 Å². The Morgan fingerprint density at radius 2 is 2.06 bits per heavy atom. The van der Waals surface area contributed by atoms with Crippen LogP contribution in [-0.4, -0.2) is 12.4 Å². The molecule has 2 aromatic rings. The molecule has 2 rings (SSSR count). The molecule has 0 saturated carbocycles. The molecule has 3 heteroatoms. The van der Waals surface area contributed by atoms with Crippen LogP contribution in [0.1, 0.15) is 20.1 Å². The molecule has 1 heterocycles. The third-order valence-corrected chi connectivity index (χ3v) is 3.42. The monoisotopic (exact) mass is 246 g/mol. The van der Waals surface area contributed by atoms with Crippen LogP contribution in [0.15, 0.2) is 36.4 Å². The number of hydrogen-bond acceptors (Lipinski definition) is 3. The van der Waals surface area contributed by atoms with E-state index in [1.54, 1.807) is 0 Å². The van der Waals surface area contributed by atoms with Gasteiger partial charge < -0.3 is 4.74 Å². The molecule has 17 heavy (non-hydrogen) atoms. The molecule has 88 valence electrons. The highest BCUT2D eigenvalue weighted by Gasteiger charge is 2.08. The molecule has 0 atom stereocenters. The Kier molecular flexibility index (Phi) is 3.59. The third kappa shape index (κ3) is 3.17. The average Bonchev–Trinajstić information content (AvgIpc) is 2.73. The maximum absolute atomic E-state index is 11.8. The number of benzene rings is 1. The first kappa shape index (κ1) is 11.9. The first-order valence-corrected chi connectivity index (χ1v) is 6.26. The molecule has 0 bridgehead atoms. The van der Waals surface area contributed by atoms with Crippen LogP contribution in [0.25, 0.3) is 0 Å². The number of rotatable bonds is 4. The lowest BCUT2D eigenvalue weighted by Gasteiger charge is -2.04. The summed E-state index contributed by atoms with van der Waals surface area (Å²) in [6.07, 6.45) is 0. The normalized spacial score (nSPS) is 10.2. The summed E-state index contributed by atoms with van der Waals surface area (Å²) in [5.41, 5.74) is 1.13. The van der Waals surface area contributed by atoms with Crippen molar-refractivity contribution in [2.75, 3.05) is 6.61 Å². The van der Waals surface area contributed by atoms with Gasteiger partial charge in [0.15, 0.2) is 6.61 Å². The van der Waals surface area contributed by atoms with E-state index in [9.17, 15) is 4.79 Å². The zero-order valence-electron chi connectivity index (χ0n) is 9.90. The van der Waals surface area contributed by atoms with Crippen molar-refractivity contribution in [3.63, 3.8) is 0 Å². The van der Waals surface area contributed by atoms with Crippen molar-refractivity contribution in [3.05, 3.63) is 51.7 Å². The van der Waals surface area contributed by atoms with Crippen molar-refractivity contribution in [1.29, 1.82) is 0 Å². The van der Waals surface area contributed by atoms with Gasteiger partial charge in [0.25, 0.3) is 0 Å². The largest absolute Gasteiger partial charge is 0.485 e. The van der Waals surface area contributed by atoms with Gasteiger partial charge in [-0.05, 0) is 43.7 Å². The topological polar surface area (TPSA) is 26.3 Å². The smallest absolute Gasteiger partial charge is 0.210 e. The van der Waals surface area contributed by atoms with Gasteiger partial charge in [0.05, 0.1) is 4.88 Å². The quantitative estimate of drug-likeness (QED) is 0.770. The van der Waals surface area contributed by atoms with Gasteiger partial charge in [-0.3, -0.25) is 4.79 Å². The second-order valence-electron chi connectivity index (χ2n) is 3.94. The summed E-state index contributed by atoms with van der Waals surface area (Å²) in [6.45, 7) is 4.09. The standard InChI is InChI=1S/C14H14O2S/c1-10-4-3-5-12(8-10)16-9-13(15)14-7-6-11(2)17-14/h3-8H,9H2,1-2H3. The number of thiophene rings is 1. The van der Waals surface area contributed by atoms with Crippen molar-refractivity contribution in [2.45, 2.75) is 13.8 Å². The number of Topliss-reactive ketones (excluding diaryl/α,β-unsaturated/α-hetero) is 1. The predicted octanol–water partition coefficient (Wildman–Crippen LogP) is 3.63. The van der Waals surface area contributed by atoms with Crippen LogP contribution in [0.4, 0.5) is 0 Å². The number of aryl methyl sites for hydroxylation is 2. The molecule has 1 aromatic heterocycles. The second-order valence-corrected chi connectivity index (χ2v) is 5.23. The Balaban J connectivity index is 1.97. The first-order chi connectivity index (χ1) is 8.15. The number of ketones is 1. The third-order valence-electron chi connectivity index (χ3n) is 2.37. The fourth-order valence-electron chi connectivity index (χ4n) is 1.51. The summed E-state index contributed by atoms with van der Waals surface area (Å²) >= 11 is 1.50. The minimum Gasteiger partial charge on any atom is -0.485 e. The van der Waals surface area contributed by atoms with Crippen LogP contribution in [0.2, 0.25) is 0 Å². The van der Waals surface area contributed by atoms with Gasteiger partial charge in [-0.15, -0.1) is 11.3 Å². The van der Waals surface area contributed by atoms with Crippen LogP contribution >= 0.6 is 11.3 Å². The Labute approximate surface area is 105 Å². The molecule has 2 nitrogen and oxygen atoms in total. The Morgan fingerprint density at radius 3 is 2.71 bits per heavy atom. The molecule has 0 radical (unpaired) electrons. The molecule has 0 spiro atoms. The number of ether oxygens (including phenoxy) is 1. The minimum atomic E-state index is 0.0320. The van der Waals surface area contributed by atoms with Crippen molar-refractivity contribution in [3.8, 4) is 5.75 Å². The highest BCUT2D eigenvalue weighted by molar-refractivity contribution is 7.14. The van der Waals surface area contributed by atoms with E-state index in [2.05, 4.69) is 0 Å². The number of carbonyl (C=O) groups excluding carboxylic acids is 1. The van der Waals surface area contributed by atoms with E-state index < -0.39 is 0 Å². The van der Waals surface area contributed by atoms with Gasteiger partial charge in [-0.2, -0.15) is 0 Å². The minimum absolute atomic E-state index is 0.0320. The molecule has 0 amide bonds. The van der Waals surface area contributed by atoms with Crippen LogP contribution in [0, 0.1) is 13.8 Å². The highest BCUT2D eigenvalue weighted by atomic mass is 32.1. The molecule has 0 fully saturated rings. The van der Waals surface area contributed by atoms with Crippen molar-refractivity contribution in [2.24, 2.45) is 0 Å². The van der Waals surface area contributed by atoms with Crippen molar-refractivity contribution >= 4 is 17.1 Å². The van der Waals surface area contributed by atoms with Crippen LogP contribution < -0.4 is 4.74 Å². The lowest BCUT2D eigenvalue weighted by molar-refractivity contribution is 0.0925. The molecule has 1 aromatic carbocycles. The van der Waals surface area contributed by atoms with E-state index in [1.165, 1.54) is 11.3 Å². The predicted molar refractivity (Wildman–Crippen MR) is 70.1 cm³/mol. The molecule has 0 aliphatic heterocycles. The lowest BCUT2D eigenvalue weighted by Crippen LogP contribution is -2.10. The van der Waals surface area contributed by atoms with Gasteiger partial charge >= 0.3 is 0 Å². The lowest BCUT2D eigenvalue weighted by atomic mass is 10.2. The Bertz CT molecular complexity index is 529. The zero-order chi connectivity index (χ0) is 12.3. The van der Waals surface area contributed by atoms with E-state index in [0.29, 0.717) is 0 Å². The first-order valence-electron chi connectivity index (χ1n) is 5.44. The SMILES string of the molecule is Cc1cccc(OCC(=O)c2ccc(C)s2)c1. The molecular formula is C14H14O2S. The molecule has 0 unspecified atom stereocenters. The van der Waals surface area contributed by atoms with E-state index in [0.717, 1.165) is 21.1 Å². The number of hydrogen-bond donors (Lipinski definition) is 0. The van der Waals surface area contributed by atoms with Crippen molar-refractivity contribution < 1.29 is 9.53 Å². The maximum Gasteiger partial charge on any atom is 0.210 e. The summed E-state index contributed by atoms with van der Waals surface area (Å²) in [7, 11) is 0. The maximum atomic E-state index is 11.8. The summed E-state index contributed by atoms with van der Waals surface area (Å²) in [6, 6.07) is 11.5. The van der Waals surface area contributed by atoms with Crippen molar-refractivity contribution in [1.82, 2.24) is 0 Å². The molecule has 0 aliphatic rings. The molecule has 0 N–H and O–H groups in total. The summed E-state index contributed by atoms with van der Waals surface area (Å²) < 4.78 is 5.47. The Morgan fingerprint density at radius 1 is 1.24 bits per heavy atom. The van der Waals surface area contributed by atoms with E-state index in [4.69, 9.17) is 4.74 Å². The molecule has 0 saturated heterocycles. The molecular weight excluding hydrogens is 232 g/mol. The summed E-state index contributed by atoms with van der Waals surface area (Å²) in [4.78, 5) is 13.7. The summed E-state index contributed by atoms with van der Waals surface area (Å²) in [5.74, 6) is 0.774. The van der Waals surface area contributed by atoms with Gasteiger partial charge in [-0.25, -0.2) is 0 Å². The summed E-state index contributed by atoms with van der Waals surface area (Å²) in [5, 5.41) is 0. The van der Waals surface area contributed by atoms with Gasteiger partial charge in [-0.1, -0.05) is 12.1 Å². The van der Waals surface area contributed by atoms with E-state index in [-0.39, 0.29) is 12.4 Å². The average molecular weight is 246 g/mol. The van der Waals surface area contributed by atoms with Gasteiger partial charge in [0, 0.05) is 4.88 Å². The zero-order valence-corrected chi connectivity index (χ0v) is 10.7. The second kappa shape index (κ2) is 5.15. The highest BCUT2D eigenvalue weighted by Crippen LogP contribution is 2.17.